The Hall–Kier alpha value is -2.70. The minimum Gasteiger partial charge on any atom is -0.454 e. The molecule has 0 N–H and O–H groups in total. The van der Waals surface area contributed by atoms with E-state index in [9.17, 15) is 19.2 Å². The number of fused-ring (bicyclic) bond motifs is 1. The summed E-state index contributed by atoms with van der Waals surface area (Å²) in [6.45, 7) is 10.6. The molecule has 3 amide bonds. The first-order chi connectivity index (χ1) is 13.1. The van der Waals surface area contributed by atoms with E-state index in [1.54, 1.807) is 43.0 Å². The standard InChI is InChI=1S/C21H28N2O5/c1-12(2)18(21(27)28-11-17(24)22(13(3)4)14(5)6)23-19(25)15-9-7-8-10-16(15)20(23)26/h7-10,12-14,18H,11H2,1-6H3/t18-/m1/s1. The van der Waals surface area contributed by atoms with Crippen molar-refractivity contribution in [3.05, 3.63) is 35.4 Å². The zero-order valence-corrected chi connectivity index (χ0v) is 17.3. The van der Waals surface area contributed by atoms with Gasteiger partial charge in [0.2, 0.25) is 0 Å². The number of hydrogen-bond acceptors (Lipinski definition) is 5. The van der Waals surface area contributed by atoms with Crippen molar-refractivity contribution in [1.29, 1.82) is 0 Å². The maximum absolute atomic E-state index is 12.7. The maximum Gasteiger partial charge on any atom is 0.330 e. The molecule has 1 heterocycles. The van der Waals surface area contributed by atoms with Gasteiger partial charge in [-0.2, -0.15) is 0 Å². The van der Waals surface area contributed by atoms with Gasteiger partial charge < -0.3 is 9.64 Å². The van der Waals surface area contributed by atoms with Crippen molar-refractivity contribution in [2.24, 2.45) is 5.92 Å². The van der Waals surface area contributed by atoms with Crippen molar-refractivity contribution in [3.63, 3.8) is 0 Å². The molecular formula is C21H28N2O5. The van der Waals surface area contributed by atoms with E-state index in [-0.39, 0.29) is 35.0 Å². The zero-order chi connectivity index (χ0) is 21.2. The van der Waals surface area contributed by atoms with Crippen LogP contribution in [0.5, 0.6) is 0 Å². The van der Waals surface area contributed by atoms with Crippen LogP contribution in [0.15, 0.2) is 24.3 Å². The quantitative estimate of drug-likeness (QED) is 0.529. The summed E-state index contributed by atoms with van der Waals surface area (Å²) in [7, 11) is 0. The molecule has 0 saturated heterocycles. The van der Waals surface area contributed by atoms with Crippen molar-refractivity contribution in [1.82, 2.24) is 9.80 Å². The summed E-state index contributed by atoms with van der Waals surface area (Å²) >= 11 is 0. The first kappa shape index (κ1) is 21.6. The lowest BCUT2D eigenvalue weighted by Gasteiger charge is -2.31. The molecule has 0 aromatic heterocycles. The number of carbonyl (C=O) groups excluding carboxylic acids is 4. The van der Waals surface area contributed by atoms with Crippen LogP contribution in [0, 0.1) is 5.92 Å². The van der Waals surface area contributed by atoms with Gasteiger partial charge in [-0.15, -0.1) is 0 Å². The summed E-state index contributed by atoms with van der Waals surface area (Å²) in [5, 5.41) is 0. The second-order valence-electron chi connectivity index (χ2n) is 7.81. The van der Waals surface area contributed by atoms with Crippen LogP contribution in [0.4, 0.5) is 0 Å². The molecule has 0 aliphatic carbocycles. The van der Waals surface area contributed by atoms with Gasteiger partial charge >= 0.3 is 5.97 Å². The third-order valence-corrected chi connectivity index (χ3v) is 4.72. The van der Waals surface area contributed by atoms with Gasteiger partial charge in [0.05, 0.1) is 11.1 Å². The largest absolute Gasteiger partial charge is 0.454 e. The molecule has 7 heteroatoms. The van der Waals surface area contributed by atoms with Gasteiger partial charge in [-0.3, -0.25) is 19.3 Å². The summed E-state index contributed by atoms with van der Waals surface area (Å²) in [5.74, 6) is -2.48. The zero-order valence-electron chi connectivity index (χ0n) is 17.3. The Morgan fingerprint density at radius 1 is 0.929 bits per heavy atom. The van der Waals surface area contributed by atoms with E-state index in [2.05, 4.69) is 0 Å². The second kappa shape index (κ2) is 8.54. The number of esters is 1. The van der Waals surface area contributed by atoms with Gasteiger partial charge in [-0.1, -0.05) is 26.0 Å². The third-order valence-electron chi connectivity index (χ3n) is 4.72. The van der Waals surface area contributed by atoms with Crippen molar-refractivity contribution in [3.8, 4) is 0 Å². The minimum absolute atomic E-state index is 0.0386. The van der Waals surface area contributed by atoms with Crippen molar-refractivity contribution in [2.45, 2.75) is 59.7 Å². The highest BCUT2D eigenvalue weighted by Gasteiger charge is 2.44. The van der Waals surface area contributed by atoms with Gasteiger partial charge in [0.15, 0.2) is 6.61 Å². The van der Waals surface area contributed by atoms with Crippen molar-refractivity contribution >= 4 is 23.7 Å². The average molecular weight is 388 g/mol. The normalized spacial score (nSPS) is 14.7. The van der Waals surface area contributed by atoms with Gasteiger partial charge in [0, 0.05) is 12.1 Å². The molecule has 1 aliphatic rings. The molecule has 2 rings (SSSR count). The molecule has 1 atom stereocenters. The minimum atomic E-state index is -1.09. The Morgan fingerprint density at radius 2 is 1.39 bits per heavy atom. The molecule has 0 saturated carbocycles. The van der Waals surface area contributed by atoms with Crippen LogP contribution in [-0.4, -0.2) is 58.2 Å². The molecule has 152 valence electrons. The topological polar surface area (TPSA) is 84.0 Å². The van der Waals surface area contributed by atoms with Crippen LogP contribution in [0.25, 0.3) is 0 Å². The molecule has 1 aliphatic heterocycles. The van der Waals surface area contributed by atoms with E-state index in [1.165, 1.54) is 0 Å². The molecule has 0 fully saturated rings. The fourth-order valence-corrected chi connectivity index (χ4v) is 3.60. The molecule has 28 heavy (non-hydrogen) atoms. The molecule has 0 bridgehead atoms. The van der Waals surface area contributed by atoms with Gasteiger partial charge in [-0.05, 0) is 45.7 Å². The number of amides is 3. The molecular weight excluding hydrogens is 360 g/mol. The molecule has 7 nitrogen and oxygen atoms in total. The fraction of sp³-hybridized carbons (Fsp3) is 0.524. The fourth-order valence-electron chi connectivity index (χ4n) is 3.60. The smallest absolute Gasteiger partial charge is 0.330 e. The Morgan fingerprint density at radius 3 is 1.79 bits per heavy atom. The number of nitrogens with zero attached hydrogens (tertiary/aromatic N) is 2. The molecule has 0 unspecified atom stereocenters. The van der Waals surface area contributed by atoms with E-state index in [1.807, 2.05) is 27.7 Å². The summed E-state index contributed by atoms with van der Waals surface area (Å²) in [6, 6.07) is 5.29. The van der Waals surface area contributed by atoms with E-state index >= 15 is 0 Å². The summed E-state index contributed by atoms with van der Waals surface area (Å²) < 4.78 is 5.24. The highest BCUT2D eigenvalue weighted by Crippen LogP contribution is 2.27. The number of imide groups is 1. The van der Waals surface area contributed by atoms with Gasteiger partial charge in [0.25, 0.3) is 17.7 Å². The molecule has 0 radical (unpaired) electrons. The van der Waals surface area contributed by atoms with E-state index in [4.69, 9.17) is 4.74 Å². The van der Waals surface area contributed by atoms with Gasteiger partial charge in [-0.25, -0.2) is 4.79 Å². The number of carbonyl (C=O) groups is 4. The number of rotatable bonds is 7. The first-order valence-electron chi connectivity index (χ1n) is 9.52. The Kier molecular flexibility index (Phi) is 6.59. The lowest BCUT2D eigenvalue weighted by atomic mass is 10.0. The predicted molar refractivity (Wildman–Crippen MR) is 104 cm³/mol. The first-order valence-corrected chi connectivity index (χ1v) is 9.52. The highest BCUT2D eigenvalue weighted by molar-refractivity contribution is 6.22. The Labute approximate surface area is 165 Å². The summed E-state index contributed by atoms with van der Waals surface area (Å²) in [6.07, 6.45) is 0. The van der Waals surface area contributed by atoms with E-state index < -0.39 is 30.4 Å². The van der Waals surface area contributed by atoms with E-state index in [0.29, 0.717) is 0 Å². The molecule has 1 aromatic carbocycles. The second-order valence-corrected chi connectivity index (χ2v) is 7.81. The van der Waals surface area contributed by atoms with Crippen LogP contribution in [0.3, 0.4) is 0 Å². The molecule has 1 aromatic rings. The van der Waals surface area contributed by atoms with Crippen LogP contribution >= 0.6 is 0 Å². The maximum atomic E-state index is 12.7. The third kappa shape index (κ3) is 4.08. The van der Waals surface area contributed by atoms with Crippen molar-refractivity contribution in [2.75, 3.05) is 6.61 Å². The number of hydrogen-bond donors (Lipinski definition) is 0. The summed E-state index contributed by atoms with van der Waals surface area (Å²) in [5.41, 5.74) is 0.542. The Balaban J connectivity index is 2.17. The Bertz CT molecular complexity index is 742. The van der Waals surface area contributed by atoms with Gasteiger partial charge in [0.1, 0.15) is 6.04 Å². The highest BCUT2D eigenvalue weighted by atomic mass is 16.5. The number of ether oxygens (including phenoxy) is 1. The van der Waals surface area contributed by atoms with Crippen molar-refractivity contribution < 1.29 is 23.9 Å². The monoisotopic (exact) mass is 388 g/mol. The van der Waals surface area contributed by atoms with Crippen LogP contribution in [-0.2, 0) is 14.3 Å². The van der Waals surface area contributed by atoms with Crippen LogP contribution < -0.4 is 0 Å². The van der Waals surface area contributed by atoms with E-state index in [0.717, 1.165) is 4.90 Å². The predicted octanol–water partition coefficient (Wildman–Crippen LogP) is 2.50. The number of benzene rings is 1. The summed E-state index contributed by atoms with van der Waals surface area (Å²) in [4.78, 5) is 53.2. The SMILES string of the molecule is CC(C)[C@H](C(=O)OCC(=O)N(C(C)C)C(C)C)N1C(=O)c2ccccc2C1=O. The van der Waals surface area contributed by atoms with Crippen LogP contribution in [0.1, 0.15) is 62.3 Å². The lowest BCUT2D eigenvalue weighted by molar-refractivity contribution is -0.157. The molecule has 0 spiro atoms. The average Bonchev–Trinajstić information content (AvgIpc) is 2.85. The lowest BCUT2D eigenvalue weighted by Crippen LogP contribution is -2.50. The van der Waals surface area contributed by atoms with Crippen LogP contribution in [0.2, 0.25) is 0 Å².